The third-order valence-electron chi connectivity index (χ3n) is 3.90. The highest BCUT2D eigenvalue weighted by molar-refractivity contribution is 6.33. The summed E-state index contributed by atoms with van der Waals surface area (Å²) in [5.74, 6) is 0.0757. The summed E-state index contributed by atoms with van der Waals surface area (Å²) in [6, 6.07) is 14.0. The van der Waals surface area contributed by atoms with E-state index in [2.05, 4.69) is 15.0 Å². The molecule has 1 heterocycles. The van der Waals surface area contributed by atoms with Crippen molar-refractivity contribution in [3.8, 4) is 11.5 Å². The van der Waals surface area contributed by atoms with Gasteiger partial charge in [0.05, 0.1) is 35.5 Å². The van der Waals surface area contributed by atoms with Gasteiger partial charge in [-0.15, -0.1) is 0 Å². The average Bonchev–Trinajstić information content (AvgIpc) is 3.04. The number of nitrogens with zero attached hydrogens (tertiary/aromatic N) is 1. The van der Waals surface area contributed by atoms with Gasteiger partial charge in [-0.05, 0) is 37.3 Å². The Morgan fingerprint density at radius 3 is 2.63 bits per heavy atom. The molecular weight excluding hydrogens is 368 g/mol. The molecule has 27 heavy (non-hydrogen) atoms. The second kappa shape index (κ2) is 8.05. The predicted molar refractivity (Wildman–Crippen MR) is 102 cm³/mol. The second-order valence-electron chi connectivity index (χ2n) is 5.80. The molecule has 0 saturated heterocycles. The van der Waals surface area contributed by atoms with Crippen LogP contribution in [0.4, 0.5) is 5.69 Å². The minimum absolute atomic E-state index is 0.00948. The smallest absolute Gasteiger partial charge is 0.337 e. The van der Waals surface area contributed by atoms with E-state index >= 15 is 0 Å². The number of nitrogens with one attached hydrogen (secondary N) is 1. The quantitative estimate of drug-likeness (QED) is 0.664. The molecule has 1 amide bonds. The van der Waals surface area contributed by atoms with Crippen LogP contribution in [0.1, 0.15) is 21.8 Å². The van der Waals surface area contributed by atoms with Crippen molar-refractivity contribution in [3.05, 3.63) is 70.6 Å². The number of oxazole rings is 1. The Hall–Kier alpha value is -3.12. The van der Waals surface area contributed by atoms with E-state index in [-0.39, 0.29) is 12.3 Å². The van der Waals surface area contributed by atoms with Gasteiger partial charge in [0.25, 0.3) is 0 Å². The van der Waals surface area contributed by atoms with E-state index < -0.39 is 5.97 Å². The van der Waals surface area contributed by atoms with Crippen molar-refractivity contribution in [1.82, 2.24) is 4.98 Å². The highest BCUT2D eigenvalue weighted by atomic mass is 35.5. The van der Waals surface area contributed by atoms with Gasteiger partial charge in [-0.2, -0.15) is 0 Å². The van der Waals surface area contributed by atoms with E-state index in [4.69, 9.17) is 16.0 Å². The second-order valence-corrected chi connectivity index (χ2v) is 6.21. The molecule has 7 heteroatoms. The summed E-state index contributed by atoms with van der Waals surface area (Å²) in [6.07, 6.45) is -0.00948. The number of amides is 1. The zero-order chi connectivity index (χ0) is 19.4. The number of aromatic nitrogens is 1. The molecule has 0 aliphatic rings. The molecule has 0 unspecified atom stereocenters. The molecule has 2 aromatic carbocycles. The third kappa shape index (κ3) is 4.35. The van der Waals surface area contributed by atoms with Gasteiger partial charge in [-0.1, -0.05) is 29.8 Å². The number of rotatable bonds is 5. The van der Waals surface area contributed by atoms with Crippen molar-refractivity contribution in [2.45, 2.75) is 13.3 Å². The number of aryl methyl sites for hydroxylation is 1. The SMILES string of the molecule is COC(=O)c1ccc(Cl)c(NC(=O)Cc2oc(-c3ccccc3)nc2C)c1. The Labute approximate surface area is 161 Å². The summed E-state index contributed by atoms with van der Waals surface area (Å²) >= 11 is 6.10. The van der Waals surface area contributed by atoms with Crippen LogP contribution >= 0.6 is 11.6 Å². The largest absolute Gasteiger partial charge is 0.465 e. The van der Waals surface area contributed by atoms with Crippen molar-refractivity contribution in [2.75, 3.05) is 12.4 Å². The van der Waals surface area contributed by atoms with Crippen LogP contribution in [0.25, 0.3) is 11.5 Å². The molecule has 0 radical (unpaired) electrons. The van der Waals surface area contributed by atoms with Crippen LogP contribution in [-0.4, -0.2) is 24.0 Å². The van der Waals surface area contributed by atoms with E-state index in [0.717, 1.165) is 5.56 Å². The zero-order valence-corrected chi connectivity index (χ0v) is 15.5. The molecule has 0 fully saturated rings. The van der Waals surface area contributed by atoms with Crippen LogP contribution in [0, 0.1) is 6.92 Å². The number of hydrogen-bond donors (Lipinski definition) is 1. The Kier molecular flexibility index (Phi) is 5.57. The molecule has 3 aromatic rings. The van der Waals surface area contributed by atoms with Crippen molar-refractivity contribution in [2.24, 2.45) is 0 Å². The number of esters is 1. The molecule has 138 valence electrons. The van der Waals surface area contributed by atoms with Gasteiger partial charge in [-0.3, -0.25) is 4.79 Å². The maximum absolute atomic E-state index is 12.4. The number of halogens is 1. The van der Waals surface area contributed by atoms with Crippen LogP contribution in [0.15, 0.2) is 52.9 Å². The van der Waals surface area contributed by atoms with Crippen molar-refractivity contribution < 1.29 is 18.7 Å². The third-order valence-corrected chi connectivity index (χ3v) is 4.23. The molecular formula is C20H17ClN2O4. The van der Waals surface area contributed by atoms with Crippen LogP contribution in [0.2, 0.25) is 5.02 Å². The van der Waals surface area contributed by atoms with E-state index in [0.29, 0.717) is 33.6 Å². The minimum atomic E-state index is -0.513. The van der Waals surface area contributed by atoms with Gasteiger partial charge in [0, 0.05) is 5.56 Å². The lowest BCUT2D eigenvalue weighted by molar-refractivity contribution is -0.115. The normalized spacial score (nSPS) is 10.5. The minimum Gasteiger partial charge on any atom is -0.465 e. The standard InChI is InChI=1S/C20H17ClN2O4/c1-12-17(27-19(22-12)13-6-4-3-5-7-13)11-18(24)23-16-10-14(20(25)26-2)8-9-15(16)21/h3-10H,11H2,1-2H3,(H,23,24). The Bertz CT molecular complexity index is 983. The van der Waals surface area contributed by atoms with E-state index in [9.17, 15) is 9.59 Å². The summed E-state index contributed by atoms with van der Waals surface area (Å²) in [7, 11) is 1.28. The number of anilines is 1. The highest BCUT2D eigenvalue weighted by Gasteiger charge is 2.16. The molecule has 0 spiro atoms. The number of methoxy groups -OCH3 is 1. The highest BCUT2D eigenvalue weighted by Crippen LogP contribution is 2.25. The van der Waals surface area contributed by atoms with Gasteiger partial charge < -0.3 is 14.5 Å². The number of hydrogen-bond acceptors (Lipinski definition) is 5. The summed E-state index contributed by atoms with van der Waals surface area (Å²) in [6.45, 7) is 1.78. The molecule has 0 aliphatic heterocycles. The molecule has 1 N–H and O–H groups in total. The monoisotopic (exact) mass is 384 g/mol. The molecule has 0 atom stereocenters. The summed E-state index contributed by atoms with van der Waals surface area (Å²) < 4.78 is 10.4. The van der Waals surface area contributed by atoms with Crippen LogP contribution in [0.5, 0.6) is 0 Å². The molecule has 1 aromatic heterocycles. The fourth-order valence-corrected chi connectivity index (χ4v) is 2.67. The summed E-state index contributed by atoms with van der Waals surface area (Å²) in [5, 5.41) is 3.00. The van der Waals surface area contributed by atoms with Crippen LogP contribution < -0.4 is 5.32 Å². The van der Waals surface area contributed by atoms with Crippen LogP contribution in [-0.2, 0) is 16.0 Å². The fourth-order valence-electron chi connectivity index (χ4n) is 2.50. The van der Waals surface area contributed by atoms with Crippen molar-refractivity contribution >= 4 is 29.2 Å². The van der Waals surface area contributed by atoms with Gasteiger partial charge >= 0.3 is 5.97 Å². The molecule has 0 saturated carbocycles. The van der Waals surface area contributed by atoms with Gasteiger partial charge in [0.2, 0.25) is 11.8 Å². The maximum Gasteiger partial charge on any atom is 0.337 e. The lowest BCUT2D eigenvalue weighted by Gasteiger charge is -2.08. The first-order valence-corrected chi connectivity index (χ1v) is 8.55. The first kappa shape index (κ1) is 18.7. The first-order valence-electron chi connectivity index (χ1n) is 8.17. The Morgan fingerprint density at radius 1 is 1.19 bits per heavy atom. The van der Waals surface area contributed by atoms with Gasteiger partial charge in [0.15, 0.2) is 0 Å². The molecule has 0 bridgehead atoms. The van der Waals surface area contributed by atoms with E-state index in [1.165, 1.54) is 25.3 Å². The maximum atomic E-state index is 12.4. The average molecular weight is 385 g/mol. The number of carbonyl (C=O) groups is 2. The molecule has 3 rings (SSSR count). The zero-order valence-electron chi connectivity index (χ0n) is 14.8. The summed E-state index contributed by atoms with van der Waals surface area (Å²) in [5.41, 5.74) is 2.09. The molecule has 0 aliphatic carbocycles. The Balaban J connectivity index is 1.75. The number of carbonyl (C=O) groups excluding carboxylic acids is 2. The fraction of sp³-hybridized carbons (Fsp3) is 0.150. The Morgan fingerprint density at radius 2 is 1.93 bits per heavy atom. The lowest BCUT2D eigenvalue weighted by atomic mass is 10.2. The van der Waals surface area contributed by atoms with Crippen molar-refractivity contribution in [3.63, 3.8) is 0 Å². The summed E-state index contributed by atoms with van der Waals surface area (Å²) in [4.78, 5) is 28.4. The van der Waals surface area contributed by atoms with E-state index in [1.54, 1.807) is 6.92 Å². The number of benzene rings is 2. The van der Waals surface area contributed by atoms with Crippen LogP contribution in [0.3, 0.4) is 0 Å². The topological polar surface area (TPSA) is 81.4 Å². The number of ether oxygens (including phenoxy) is 1. The lowest BCUT2D eigenvalue weighted by Crippen LogP contribution is -2.15. The predicted octanol–water partition coefficient (Wildman–Crippen LogP) is 4.27. The van der Waals surface area contributed by atoms with Crippen molar-refractivity contribution in [1.29, 1.82) is 0 Å². The van der Waals surface area contributed by atoms with Gasteiger partial charge in [0.1, 0.15) is 5.76 Å². The first-order chi connectivity index (χ1) is 13.0. The van der Waals surface area contributed by atoms with Gasteiger partial charge in [-0.25, -0.2) is 9.78 Å². The van der Waals surface area contributed by atoms with E-state index in [1.807, 2.05) is 30.3 Å². The molecule has 6 nitrogen and oxygen atoms in total.